The Balaban J connectivity index is 2.10. The Morgan fingerprint density at radius 2 is 2.05 bits per heavy atom. The quantitative estimate of drug-likeness (QED) is 0.599. The number of hydrogen-bond acceptors (Lipinski definition) is 5. The van der Waals surface area contributed by atoms with Gasteiger partial charge in [0.1, 0.15) is 5.82 Å². The fourth-order valence-electron chi connectivity index (χ4n) is 1.88. The molecule has 2 aromatic rings. The summed E-state index contributed by atoms with van der Waals surface area (Å²) < 4.78 is 1.75. The summed E-state index contributed by atoms with van der Waals surface area (Å²) in [5, 5.41) is 28.9. The van der Waals surface area contributed by atoms with Crippen LogP contribution in [0.3, 0.4) is 0 Å². The third-order valence-corrected chi connectivity index (χ3v) is 2.93. The van der Waals surface area contributed by atoms with E-state index in [-0.39, 0.29) is 18.8 Å². The lowest BCUT2D eigenvalue weighted by Gasteiger charge is -2.11. The Morgan fingerprint density at radius 1 is 1.35 bits per heavy atom. The highest BCUT2D eigenvalue weighted by molar-refractivity contribution is 5.34. The molecular weight excluding hydrogens is 262 g/mol. The van der Waals surface area contributed by atoms with Gasteiger partial charge in [0.05, 0.1) is 24.2 Å². The third-order valence-electron chi connectivity index (χ3n) is 2.93. The van der Waals surface area contributed by atoms with Crippen LogP contribution < -0.4 is 0 Å². The van der Waals surface area contributed by atoms with E-state index in [9.17, 15) is 15.2 Å². The number of rotatable bonds is 6. The number of hydrogen-bond donors (Lipinski definition) is 2. The van der Waals surface area contributed by atoms with Crippen LogP contribution in [0.5, 0.6) is 0 Å². The molecule has 0 radical (unpaired) electrons. The normalized spacial score (nSPS) is 12.3. The molecule has 0 aliphatic rings. The van der Waals surface area contributed by atoms with Crippen LogP contribution in [0.25, 0.3) is 0 Å². The van der Waals surface area contributed by atoms with Gasteiger partial charge in [-0.2, -0.15) is 0 Å². The second-order valence-corrected chi connectivity index (χ2v) is 4.43. The fraction of sp³-hybridized carbons (Fsp3) is 0.308. The maximum Gasteiger partial charge on any atom is 0.269 e. The van der Waals surface area contributed by atoms with Gasteiger partial charge in [0, 0.05) is 30.9 Å². The molecule has 0 aliphatic carbocycles. The summed E-state index contributed by atoms with van der Waals surface area (Å²) in [7, 11) is 0. The fourth-order valence-corrected chi connectivity index (χ4v) is 1.88. The summed E-state index contributed by atoms with van der Waals surface area (Å²) in [5.41, 5.74) is 0.939. The summed E-state index contributed by atoms with van der Waals surface area (Å²) in [4.78, 5) is 14.3. The van der Waals surface area contributed by atoms with Crippen LogP contribution in [0.15, 0.2) is 36.7 Å². The predicted molar refractivity (Wildman–Crippen MR) is 71.2 cm³/mol. The SMILES string of the molecule is O=[N+]([O-])c1ccc(Cc2nccn2CC(O)CO)cc1. The number of nitro groups is 1. The van der Waals surface area contributed by atoms with Crippen molar-refractivity contribution in [1.29, 1.82) is 0 Å². The molecule has 2 rings (SSSR count). The van der Waals surface area contributed by atoms with Crippen molar-refractivity contribution in [3.8, 4) is 0 Å². The predicted octanol–water partition coefficient (Wildman–Crippen LogP) is 0.735. The van der Waals surface area contributed by atoms with E-state index in [1.54, 1.807) is 29.1 Å². The van der Waals surface area contributed by atoms with Crippen LogP contribution in [0.1, 0.15) is 11.4 Å². The van der Waals surface area contributed by atoms with Crippen molar-refractivity contribution >= 4 is 5.69 Å². The van der Waals surface area contributed by atoms with Gasteiger partial charge in [0.25, 0.3) is 5.69 Å². The lowest BCUT2D eigenvalue weighted by atomic mass is 10.1. The van der Waals surface area contributed by atoms with Crippen LogP contribution in [0.2, 0.25) is 0 Å². The molecular formula is C13H15N3O4. The first-order chi connectivity index (χ1) is 9.60. The van der Waals surface area contributed by atoms with Gasteiger partial charge in [-0.15, -0.1) is 0 Å². The Kier molecular flexibility index (Phi) is 4.44. The average molecular weight is 277 g/mol. The largest absolute Gasteiger partial charge is 0.394 e. The third kappa shape index (κ3) is 3.40. The average Bonchev–Trinajstić information content (AvgIpc) is 2.86. The Bertz CT molecular complexity index is 580. The molecule has 0 aliphatic heterocycles. The van der Waals surface area contributed by atoms with Gasteiger partial charge in [-0.3, -0.25) is 10.1 Å². The van der Waals surface area contributed by atoms with Gasteiger partial charge >= 0.3 is 0 Å². The maximum absolute atomic E-state index is 10.6. The zero-order valence-corrected chi connectivity index (χ0v) is 10.7. The van der Waals surface area contributed by atoms with Crippen molar-refractivity contribution in [3.63, 3.8) is 0 Å². The zero-order chi connectivity index (χ0) is 14.5. The highest BCUT2D eigenvalue weighted by Gasteiger charge is 2.10. The lowest BCUT2D eigenvalue weighted by Crippen LogP contribution is -2.20. The van der Waals surface area contributed by atoms with Gasteiger partial charge in [-0.05, 0) is 5.56 Å². The topological polar surface area (TPSA) is 101 Å². The van der Waals surface area contributed by atoms with Crippen LogP contribution in [-0.2, 0) is 13.0 Å². The van der Waals surface area contributed by atoms with Crippen molar-refractivity contribution in [2.24, 2.45) is 0 Å². The zero-order valence-electron chi connectivity index (χ0n) is 10.7. The Labute approximate surface area is 115 Å². The van der Waals surface area contributed by atoms with E-state index in [0.717, 1.165) is 11.4 Å². The summed E-state index contributed by atoms with van der Waals surface area (Å²) in [6.45, 7) is -0.0477. The molecule has 0 bridgehead atoms. The molecule has 0 amide bonds. The van der Waals surface area contributed by atoms with E-state index < -0.39 is 11.0 Å². The van der Waals surface area contributed by atoms with Crippen molar-refractivity contribution in [2.45, 2.75) is 19.1 Å². The van der Waals surface area contributed by atoms with Crippen LogP contribution in [0.4, 0.5) is 5.69 Å². The number of imidazole rings is 1. The second kappa shape index (κ2) is 6.27. The number of nitrogens with zero attached hydrogens (tertiary/aromatic N) is 3. The Hall–Kier alpha value is -2.25. The molecule has 1 unspecified atom stereocenters. The van der Waals surface area contributed by atoms with Crippen molar-refractivity contribution in [3.05, 3.63) is 58.2 Å². The van der Waals surface area contributed by atoms with Gasteiger partial charge in [0.15, 0.2) is 0 Å². The standard InChI is InChI=1S/C13H15N3O4/c17-9-12(18)8-15-6-5-14-13(15)7-10-1-3-11(4-2-10)16(19)20/h1-6,12,17-18H,7-9H2. The van der Waals surface area contributed by atoms with Crippen molar-refractivity contribution in [2.75, 3.05) is 6.61 Å². The molecule has 106 valence electrons. The Morgan fingerprint density at radius 3 is 2.65 bits per heavy atom. The highest BCUT2D eigenvalue weighted by atomic mass is 16.6. The monoisotopic (exact) mass is 277 g/mol. The molecule has 1 aromatic heterocycles. The summed E-state index contributed by atoms with van der Waals surface area (Å²) in [6, 6.07) is 6.26. The van der Waals surface area contributed by atoms with E-state index in [4.69, 9.17) is 5.11 Å². The second-order valence-electron chi connectivity index (χ2n) is 4.43. The van der Waals surface area contributed by atoms with Gasteiger partial charge in [-0.1, -0.05) is 12.1 Å². The number of aliphatic hydroxyl groups excluding tert-OH is 2. The van der Waals surface area contributed by atoms with E-state index >= 15 is 0 Å². The smallest absolute Gasteiger partial charge is 0.269 e. The van der Waals surface area contributed by atoms with Gasteiger partial charge in [0.2, 0.25) is 0 Å². The number of nitro benzene ring substituents is 1. The van der Waals surface area contributed by atoms with Gasteiger partial charge in [-0.25, -0.2) is 4.98 Å². The van der Waals surface area contributed by atoms with E-state index in [2.05, 4.69) is 4.98 Å². The minimum atomic E-state index is -0.834. The van der Waals surface area contributed by atoms with Crippen LogP contribution in [-0.4, -0.2) is 37.4 Å². The van der Waals surface area contributed by atoms with Crippen LogP contribution in [0, 0.1) is 10.1 Å². The number of aromatic nitrogens is 2. The summed E-state index contributed by atoms with van der Waals surface area (Å²) in [5.74, 6) is 0.728. The first-order valence-electron chi connectivity index (χ1n) is 6.12. The lowest BCUT2D eigenvalue weighted by molar-refractivity contribution is -0.384. The molecule has 0 fully saturated rings. The molecule has 1 atom stereocenters. The van der Waals surface area contributed by atoms with E-state index in [1.807, 2.05) is 0 Å². The maximum atomic E-state index is 10.6. The molecule has 2 N–H and O–H groups in total. The molecule has 1 heterocycles. The van der Waals surface area contributed by atoms with Crippen molar-refractivity contribution < 1.29 is 15.1 Å². The number of aliphatic hydroxyl groups is 2. The molecule has 0 saturated carbocycles. The minimum Gasteiger partial charge on any atom is -0.394 e. The van der Waals surface area contributed by atoms with E-state index in [0.29, 0.717) is 6.42 Å². The van der Waals surface area contributed by atoms with E-state index in [1.165, 1.54) is 12.1 Å². The molecule has 7 nitrogen and oxygen atoms in total. The van der Waals surface area contributed by atoms with Gasteiger partial charge < -0.3 is 14.8 Å². The minimum absolute atomic E-state index is 0.0489. The molecule has 7 heteroatoms. The molecule has 1 aromatic carbocycles. The van der Waals surface area contributed by atoms with Crippen LogP contribution >= 0.6 is 0 Å². The highest BCUT2D eigenvalue weighted by Crippen LogP contribution is 2.14. The summed E-state index contributed by atoms with van der Waals surface area (Å²) >= 11 is 0. The molecule has 0 spiro atoms. The van der Waals surface area contributed by atoms with Crippen molar-refractivity contribution in [1.82, 2.24) is 9.55 Å². The number of non-ortho nitro benzene ring substituents is 1. The molecule has 20 heavy (non-hydrogen) atoms. The number of benzene rings is 1. The first kappa shape index (κ1) is 14.2. The molecule has 0 saturated heterocycles. The first-order valence-corrected chi connectivity index (χ1v) is 6.12. The summed E-state index contributed by atoms with van der Waals surface area (Å²) in [6.07, 6.45) is 3.01.